The van der Waals surface area contributed by atoms with E-state index in [-0.39, 0.29) is 11.9 Å². The van der Waals surface area contributed by atoms with Gasteiger partial charge in [0.2, 0.25) is 0 Å². The van der Waals surface area contributed by atoms with Crippen molar-refractivity contribution in [2.75, 3.05) is 0 Å². The molecule has 0 spiro atoms. The maximum Gasteiger partial charge on any atom is 0.155 e. The molecule has 0 aliphatic carbocycles. The second-order valence-electron chi connectivity index (χ2n) is 9.57. The number of ketones is 1. The second kappa shape index (κ2) is 11.3. The number of hydrogen-bond donors (Lipinski definition) is 1. The van der Waals surface area contributed by atoms with E-state index in [9.17, 15) is 4.79 Å². The molecule has 1 heterocycles. The SMILES string of the molecule is CCC1(C)c2ccccc2/C(N)=C(c2ccccc2)/N=C(c2ccccc2)/C=C/C1O/C(C)=C\C(C)=O. The molecule has 2 unspecified atom stereocenters. The van der Waals surface area contributed by atoms with Crippen molar-refractivity contribution in [3.05, 3.63) is 131 Å². The quantitative estimate of drug-likeness (QED) is 0.297. The summed E-state index contributed by atoms with van der Waals surface area (Å²) in [6.45, 7) is 7.70. The van der Waals surface area contributed by atoms with Gasteiger partial charge in [0.05, 0.1) is 22.9 Å². The van der Waals surface area contributed by atoms with Gasteiger partial charge in [0.15, 0.2) is 5.78 Å². The number of benzene rings is 3. The van der Waals surface area contributed by atoms with Crippen LogP contribution in [0.3, 0.4) is 0 Å². The first-order valence-corrected chi connectivity index (χ1v) is 12.7. The third-order valence-corrected chi connectivity index (χ3v) is 6.95. The van der Waals surface area contributed by atoms with E-state index in [1.165, 1.54) is 13.0 Å². The fourth-order valence-electron chi connectivity index (χ4n) is 4.77. The van der Waals surface area contributed by atoms with Crippen molar-refractivity contribution in [1.82, 2.24) is 0 Å². The van der Waals surface area contributed by atoms with Gasteiger partial charge < -0.3 is 10.5 Å². The molecular weight excluding hydrogens is 456 g/mol. The molecular formula is C33H34N2O2. The summed E-state index contributed by atoms with van der Waals surface area (Å²) in [6, 6.07) is 28.3. The minimum Gasteiger partial charge on any atom is -0.490 e. The highest BCUT2D eigenvalue weighted by molar-refractivity contribution is 6.12. The second-order valence-corrected chi connectivity index (χ2v) is 9.57. The molecule has 0 radical (unpaired) electrons. The minimum atomic E-state index is -0.440. The highest BCUT2D eigenvalue weighted by Crippen LogP contribution is 2.40. The Morgan fingerprint density at radius 2 is 1.54 bits per heavy atom. The standard InChI is InChI=1S/C33H34N2O2/c1-5-33(4)28-19-13-12-18-27(28)31(34)32(26-16-10-7-11-17-26)35-29(25-14-8-6-9-15-25)20-21-30(33)37-24(3)22-23(2)36/h6-22,30H,5,34H2,1-4H3/b21-20+,24-22-,32-31-,35-29-. The van der Waals surface area contributed by atoms with Gasteiger partial charge in [0, 0.05) is 28.2 Å². The number of ether oxygens (including phenoxy) is 1. The summed E-state index contributed by atoms with van der Waals surface area (Å²) in [5.74, 6) is 0.522. The van der Waals surface area contributed by atoms with Crippen LogP contribution in [0.5, 0.6) is 0 Å². The molecule has 0 saturated heterocycles. The van der Waals surface area contributed by atoms with Gasteiger partial charge in [-0.05, 0) is 38.0 Å². The van der Waals surface area contributed by atoms with Crippen molar-refractivity contribution in [1.29, 1.82) is 0 Å². The molecule has 0 aromatic heterocycles. The summed E-state index contributed by atoms with van der Waals surface area (Å²) in [5, 5.41) is 0. The maximum absolute atomic E-state index is 11.8. The van der Waals surface area contributed by atoms with E-state index in [4.69, 9.17) is 15.5 Å². The molecule has 188 valence electrons. The Kier molecular flexibility index (Phi) is 7.88. The van der Waals surface area contributed by atoms with E-state index in [2.05, 4.69) is 32.1 Å². The Balaban J connectivity index is 2.04. The first-order chi connectivity index (χ1) is 17.8. The average Bonchev–Trinajstić information content (AvgIpc) is 2.92. The number of carbonyl (C=O) groups is 1. The van der Waals surface area contributed by atoms with Crippen molar-refractivity contribution >= 4 is 22.9 Å². The van der Waals surface area contributed by atoms with Crippen LogP contribution in [0.15, 0.2) is 114 Å². The Morgan fingerprint density at radius 1 is 0.946 bits per heavy atom. The molecule has 1 aliphatic heterocycles. The van der Waals surface area contributed by atoms with Crippen LogP contribution in [-0.2, 0) is 14.9 Å². The van der Waals surface area contributed by atoms with Crippen LogP contribution in [0.2, 0.25) is 0 Å². The number of fused-ring (bicyclic) bond motifs is 1. The average molecular weight is 491 g/mol. The lowest BCUT2D eigenvalue weighted by molar-refractivity contribution is -0.112. The summed E-state index contributed by atoms with van der Waals surface area (Å²) in [4.78, 5) is 16.9. The smallest absolute Gasteiger partial charge is 0.155 e. The van der Waals surface area contributed by atoms with E-state index in [0.29, 0.717) is 11.5 Å². The molecule has 0 amide bonds. The number of rotatable bonds is 6. The molecule has 2 N–H and O–H groups in total. The number of aliphatic imine (C=N–C) groups is 1. The van der Waals surface area contributed by atoms with Crippen LogP contribution in [0, 0.1) is 0 Å². The number of carbonyl (C=O) groups excluding carboxylic acids is 1. The van der Waals surface area contributed by atoms with Gasteiger partial charge in [-0.15, -0.1) is 0 Å². The van der Waals surface area contributed by atoms with Crippen molar-refractivity contribution in [2.24, 2.45) is 10.7 Å². The molecule has 0 fully saturated rings. The lowest BCUT2D eigenvalue weighted by Crippen LogP contribution is -2.38. The first kappa shape index (κ1) is 25.9. The van der Waals surface area contributed by atoms with E-state index in [1.807, 2.05) is 85.8 Å². The Hall–Kier alpha value is -4.18. The lowest BCUT2D eigenvalue weighted by Gasteiger charge is -2.38. The summed E-state index contributed by atoms with van der Waals surface area (Å²) < 4.78 is 6.47. The molecule has 1 aliphatic rings. The highest BCUT2D eigenvalue weighted by Gasteiger charge is 2.37. The van der Waals surface area contributed by atoms with Gasteiger partial charge in [-0.25, -0.2) is 4.99 Å². The first-order valence-electron chi connectivity index (χ1n) is 12.7. The summed E-state index contributed by atoms with van der Waals surface area (Å²) in [6.07, 6.45) is 6.03. The van der Waals surface area contributed by atoms with Crippen LogP contribution in [0.1, 0.15) is 56.4 Å². The minimum absolute atomic E-state index is 0.0498. The zero-order valence-corrected chi connectivity index (χ0v) is 21.9. The molecule has 37 heavy (non-hydrogen) atoms. The van der Waals surface area contributed by atoms with E-state index in [1.54, 1.807) is 0 Å². The van der Waals surface area contributed by atoms with Gasteiger partial charge in [-0.1, -0.05) is 98.8 Å². The molecule has 3 aromatic carbocycles. The Labute approximate surface area is 219 Å². The molecule has 2 atom stereocenters. The normalized spacial score (nSPS) is 24.4. The highest BCUT2D eigenvalue weighted by atomic mass is 16.5. The lowest BCUT2D eigenvalue weighted by atomic mass is 9.72. The number of hydrogen-bond acceptors (Lipinski definition) is 4. The fourth-order valence-corrected chi connectivity index (χ4v) is 4.77. The number of nitrogens with zero attached hydrogens (tertiary/aromatic N) is 1. The molecule has 4 nitrogen and oxygen atoms in total. The van der Waals surface area contributed by atoms with Crippen molar-refractivity contribution in [3.63, 3.8) is 0 Å². The summed E-state index contributed by atoms with van der Waals surface area (Å²) in [5.41, 5.74) is 12.6. The zero-order chi connectivity index (χ0) is 26.4. The van der Waals surface area contributed by atoms with Gasteiger partial charge >= 0.3 is 0 Å². The number of nitrogens with two attached hydrogens (primary N) is 1. The van der Waals surface area contributed by atoms with Gasteiger partial charge in [0.1, 0.15) is 6.10 Å². The van der Waals surface area contributed by atoms with Crippen molar-refractivity contribution in [2.45, 2.75) is 45.6 Å². The van der Waals surface area contributed by atoms with E-state index >= 15 is 0 Å². The van der Waals surface area contributed by atoms with Crippen molar-refractivity contribution in [3.8, 4) is 0 Å². The van der Waals surface area contributed by atoms with Gasteiger partial charge in [0.25, 0.3) is 0 Å². The summed E-state index contributed by atoms with van der Waals surface area (Å²) >= 11 is 0. The Bertz CT molecular complexity index is 1380. The zero-order valence-electron chi connectivity index (χ0n) is 21.9. The monoisotopic (exact) mass is 490 g/mol. The number of allylic oxidation sites excluding steroid dienone is 3. The predicted molar refractivity (Wildman–Crippen MR) is 153 cm³/mol. The van der Waals surface area contributed by atoms with Crippen LogP contribution >= 0.6 is 0 Å². The third kappa shape index (κ3) is 5.64. The topological polar surface area (TPSA) is 64.7 Å². The molecule has 3 aromatic rings. The van der Waals surface area contributed by atoms with Crippen LogP contribution in [0.4, 0.5) is 0 Å². The van der Waals surface area contributed by atoms with Gasteiger partial charge in [-0.3, -0.25) is 4.79 Å². The third-order valence-electron chi connectivity index (χ3n) is 6.95. The van der Waals surface area contributed by atoms with E-state index in [0.717, 1.165) is 40.1 Å². The molecule has 0 saturated carbocycles. The molecule has 0 bridgehead atoms. The van der Waals surface area contributed by atoms with Gasteiger partial charge in [-0.2, -0.15) is 0 Å². The predicted octanol–water partition coefficient (Wildman–Crippen LogP) is 7.08. The fraction of sp³-hybridized carbons (Fsp3) is 0.212. The van der Waals surface area contributed by atoms with Crippen LogP contribution in [-0.4, -0.2) is 17.6 Å². The Morgan fingerprint density at radius 3 is 2.16 bits per heavy atom. The summed E-state index contributed by atoms with van der Waals surface area (Å²) in [7, 11) is 0. The largest absolute Gasteiger partial charge is 0.490 e. The van der Waals surface area contributed by atoms with Crippen LogP contribution < -0.4 is 5.73 Å². The van der Waals surface area contributed by atoms with Crippen molar-refractivity contribution < 1.29 is 9.53 Å². The molecule has 4 rings (SSSR count). The van der Waals surface area contributed by atoms with E-state index < -0.39 is 5.41 Å². The van der Waals surface area contributed by atoms with Crippen LogP contribution in [0.25, 0.3) is 11.4 Å². The maximum atomic E-state index is 11.8. The molecule has 4 heteroatoms.